The Labute approximate surface area is 245 Å². The summed E-state index contributed by atoms with van der Waals surface area (Å²) >= 11 is 11.6. The summed E-state index contributed by atoms with van der Waals surface area (Å²) in [6.07, 6.45) is 0. The Kier molecular flexibility index (Phi) is 7.73. The minimum Gasteiger partial charge on any atom is -0.493 e. The minimum absolute atomic E-state index is 0.0845. The molecular weight excluding hydrogens is 562 g/mol. The number of carbonyl (C=O) groups is 1. The summed E-state index contributed by atoms with van der Waals surface area (Å²) in [6, 6.07) is 21.6. The van der Waals surface area contributed by atoms with Crippen molar-refractivity contribution in [1.82, 2.24) is 13.9 Å². The number of benzene rings is 3. The summed E-state index contributed by atoms with van der Waals surface area (Å²) in [5.74, 6) is -0.624. The second kappa shape index (κ2) is 11.4. The molecule has 1 amide bonds. The van der Waals surface area contributed by atoms with Crippen LogP contribution in [-0.4, -0.2) is 30.1 Å². The summed E-state index contributed by atoms with van der Waals surface area (Å²) in [5, 5.41) is 25.8. The van der Waals surface area contributed by atoms with E-state index in [9.17, 15) is 14.7 Å². The third-order valence-electron chi connectivity index (χ3n) is 6.64. The first kappa shape index (κ1) is 27.8. The fraction of sp³-hybridized carbons (Fsp3) is 0.138. The summed E-state index contributed by atoms with van der Waals surface area (Å²) in [7, 11) is 1.77. The summed E-state index contributed by atoms with van der Waals surface area (Å²) in [4.78, 5) is 26.0. The molecule has 0 bridgehead atoms. The molecule has 0 radical (unpaired) electrons. The lowest BCUT2D eigenvalue weighted by molar-refractivity contribution is -0.116. The number of aryl methyl sites for hydroxylation is 1. The molecule has 0 unspecified atom stereocenters. The van der Waals surface area contributed by atoms with Gasteiger partial charge in [0.25, 0.3) is 5.56 Å². The molecule has 41 heavy (non-hydrogen) atoms. The van der Waals surface area contributed by atoms with E-state index in [2.05, 4.69) is 20.9 Å². The number of hydrogen-bond donors (Lipinski definition) is 3. The van der Waals surface area contributed by atoms with E-state index in [0.29, 0.717) is 33.0 Å². The lowest BCUT2D eigenvalue weighted by Gasteiger charge is -2.09. The van der Waals surface area contributed by atoms with Gasteiger partial charge in [-0.05, 0) is 68.5 Å². The maximum absolute atomic E-state index is 13.2. The Morgan fingerprint density at radius 3 is 2.44 bits per heavy atom. The second-order valence-electron chi connectivity index (χ2n) is 9.40. The molecule has 3 N–H and O–H groups in total. The highest BCUT2D eigenvalue weighted by Gasteiger charge is 2.20. The molecule has 0 atom stereocenters. The van der Waals surface area contributed by atoms with E-state index in [1.807, 2.05) is 49.4 Å². The first-order valence-corrected chi connectivity index (χ1v) is 13.4. The van der Waals surface area contributed by atoms with Gasteiger partial charge in [0.2, 0.25) is 16.9 Å². The number of rotatable bonds is 6. The molecular formula is C29H26ClN7O3S. The third-order valence-corrected chi connectivity index (χ3v) is 7.05. The standard InChI is InChI=1S/C29H26ClN7O3S/c1-17-9-12-20(13-10-17)31-24(38)16-36-23-14-11-19(30)15-22(23)26(27(36)39)33-34-29(41)32-25-18(2)35(3)37(28(25)40)21-7-5-4-6-8-21/h4-15,39H,16H2,1-3H3,(H,31,38)(H,32,41). The average molecular weight is 588 g/mol. The van der Waals surface area contributed by atoms with E-state index in [-0.39, 0.29) is 40.4 Å². The van der Waals surface area contributed by atoms with E-state index >= 15 is 0 Å². The van der Waals surface area contributed by atoms with Crippen molar-refractivity contribution in [3.63, 3.8) is 0 Å². The van der Waals surface area contributed by atoms with Gasteiger partial charge in [0.1, 0.15) is 12.2 Å². The van der Waals surface area contributed by atoms with E-state index in [4.69, 9.17) is 23.8 Å². The van der Waals surface area contributed by atoms with Gasteiger partial charge in [-0.25, -0.2) is 4.68 Å². The highest BCUT2D eigenvalue weighted by molar-refractivity contribution is 7.80. The zero-order valence-electron chi connectivity index (χ0n) is 22.4. The number of aromatic hydroxyl groups is 1. The van der Waals surface area contributed by atoms with Gasteiger partial charge in [-0.2, -0.15) is 0 Å². The van der Waals surface area contributed by atoms with E-state index < -0.39 is 0 Å². The summed E-state index contributed by atoms with van der Waals surface area (Å²) < 4.78 is 4.64. The molecule has 2 heterocycles. The van der Waals surface area contributed by atoms with Gasteiger partial charge in [-0.1, -0.05) is 47.5 Å². The van der Waals surface area contributed by atoms with Crippen molar-refractivity contribution in [2.75, 3.05) is 10.6 Å². The van der Waals surface area contributed by atoms with Crippen molar-refractivity contribution in [3.8, 4) is 11.6 Å². The molecule has 0 spiro atoms. The Balaban J connectivity index is 1.42. The molecule has 208 valence electrons. The Bertz CT molecular complexity index is 1870. The highest BCUT2D eigenvalue weighted by atomic mass is 35.5. The van der Waals surface area contributed by atoms with Crippen LogP contribution in [0.2, 0.25) is 5.02 Å². The number of halogens is 1. The monoisotopic (exact) mass is 587 g/mol. The fourth-order valence-corrected chi connectivity index (χ4v) is 4.79. The molecule has 2 aromatic heterocycles. The molecule has 0 aliphatic rings. The van der Waals surface area contributed by atoms with Crippen LogP contribution < -0.4 is 16.2 Å². The van der Waals surface area contributed by atoms with Gasteiger partial charge in [0, 0.05) is 23.1 Å². The molecule has 0 aliphatic carbocycles. The first-order chi connectivity index (χ1) is 19.6. The molecule has 5 aromatic rings. The zero-order valence-corrected chi connectivity index (χ0v) is 24.0. The van der Waals surface area contributed by atoms with E-state index in [1.165, 1.54) is 9.25 Å². The van der Waals surface area contributed by atoms with Crippen molar-refractivity contribution in [3.05, 3.63) is 99.4 Å². The van der Waals surface area contributed by atoms with Crippen LogP contribution in [0.25, 0.3) is 16.6 Å². The van der Waals surface area contributed by atoms with Gasteiger partial charge >= 0.3 is 0 Å². The highest BCUT2D eigenvalue weighted by Crippen LogP contribution is 2.40. The van der Waals surface area contributed by atoms with Crippen molar-refractivity contribution < 1.29 is 9.90 Å². The van der Waals surface area contributed by atoms with Gasteiger partial charge in [-0.3, -0.25) is 14.3 Å². The number of amides is 1. The van der Waals surface area contributed by atoms with Gasteiger partial charge in [0.05, 0.1) is 16.9 Å². The molecule has 10 nitrogen and oxygen atoms in total. The maximum atomic E-state index is 13.2. The number of anilines is 2. The largest absolute Gasteiger partial charge is 0.493 e. The van der Waals surface area contributed by atoms with Gasteiger partial charge < -0.3 is 20.3 Å². The lowest BCUT2D eigenvalue weighted by Crippen LogP contribution is -2.21. The minimum atomic E-state index is -0.342. The number of fused-ring (bicyclic) bond motifs is 1. The number of para-hydroxylation sites is 1. The maximum Gasteiger partial charge on any atom is 0.295 e. The molecule has 12 heteroatoms. The van der Waals surface area contributed by atoms with E-state index in [1.54, 1.807) is 49.0 Å². The predicted molar refractivity (Wildman–Crippen MR) is 165 cm³/mol. The SMILES string of the molecule is Cc1ccc(NC(=O)Cn2c(O)c(N=NC(=S)Nc3c(C)n(C)n(-c4ccccc4)c3=O)c3cc(Cl)ccc32)cc1. The Morgan fingerprint density at radius 1 is 1.02 bits per heavy atom. The van der Waals surface area contributed by atoms with Crippen molar-refractivity contribution in [1.29, 1.82) is 0 Å². The van der Waals surface area contributed by atoms with Crippen LogP contribution >= 0.6 is 23.8 Å². The molecule has 3 aromatic carbocycles. The number of carbonyl (C=O) groups excluding carboxylic acids is 1. The molecule has 0 aliphatic heterocycles. The summed E-state index contributed by atoms with van der Waals surface area (Å²) in [5.41, 5.74) is 3.61. The Hall–Kier alpha value is -4.74. The Morgan fingerprint density at radius 2 is 1.73 bits per heavy atom. The third kappa shape index (κ3) is 5.63. The van der Waals surface area contributed by atoms with Crippen LogP contribution in [0.1, 0.15) is 11.3 Å². The summed E-state index contributed by atoms with van der Waals surface area (Å²) in [6.45, 7) is 3.56. The number of nitrogens with one attached hydrogen (secondary N) is 2. The normalized spacial score (nSPS) is 11.3. The van der Waals surface area contributed by atoms with Crippen molar-refractivity contribution >= 4 is 62.8 Å². The average Bonchev–Trinajstić information content (AvgIpc) is 3.32. The quantitative estimate of drug-likeness (QED) is 0.161. The van der Waals surface area contributed by atoms with Crippen LogP contribution in [0.3, 0.4) is 0 Å². The number of aromatic nitrogens is 3. The molecule has 5 rings (SSSR count). The first-order valence-electron chi connectivity index (χ1n) is 12.6. The smallest absolute Gasteiger partial charge is 0.295 e. The van der Waals surface area contributed by atoms with Crippen LogP contribution in [0, 0.1) is 13.8 Å². The van der Waals surface area contributed by atoms with Gasteiger partial charge in [-0.15, -0.1) is 10.2 Å². The van der Waals surface area contributed by atoms with Crippen LogP contribution in [0.15, 0.2) is 87.8 Å². The topological polar surface area (TPSA) is 118 Å². The van der Waals surface area contributed by atoms with Gasteiger partial charge in [0.15, 0.2) is 5.69 Å². The van der Waals surface area contributed by atoms with E-state index in [0.717, 1.165) is 5.56 Å². The molecule has 0 saturated heterocycles. The van der Waals surface area contributed by atoms with Crippen LogP contribution in [0.4, 0.5) is 17.1 Å². The lowest BCUT2D eigenvalue weighted by atomic mass is 10.2. The number of thiocarbonyl (C=S) groups is 1. The number of azo groups is 1. The number of hydrogen-bond acceptors (Lipinski definition) is 5. The molecule has 0 saturated carbocycles. The van der Waals surface area contributed by atoms with Crippen LogP contribution in [-0.2, 0) is 18.4 Å². The predicted octanol–water partition coefficient (Wildman–Crippen LogP) is 6.23. The van der Waals surface area contributed by atoms with Crippen molar-refractivity contribution in [2.45, 2.75) is 20.4 Å². The number of nitrogens with zero attached hydrogens (tertiary/aromatic N) is 5. The van der Waals surface area contributed by atoms with Crippen molar-refractivity contribution in [2.24, 2.45) is 17.3 Å². The fourth-order valence-electron chi connectivity index (χ4n) is 4.47. The second-order valence-corrected chi connectivity index (χ2v) is 10.2. The zero-order chi connectivity index (χ0) is 29.3. The molecule has 0 fully saturated rings. The van der Waals surface area contributed by atoms with Crippen LogP contribution in [0.5, 0.6) is 5.88 Å².